The summed E-state index contributed by atoms with van der Waals surface area (Å²) in [5.74, 6) is -1.77. The number of carbonyl (C=O) groups excluding carboxylic acids is 2. The molecule has 1 N–H and O–H groups in total. The third-order valence-corrected chi connectivity index (χ3v) is 2.67. The first kappa shape index (κ1) is 20.1. The van der Waals surface area contributed by atoms with E-state index in [1.54, 1.807) is 6.92 Å². The summed E-state index contributed by atoms with van der Waals surface area (Å²) in [4.78, 5) is 31.6. The quantitative estimate of drug-likeness (QED) is 0.321. The first-order valence-electron chi connectivity index (χ1n) is 6.29. The van der Waals surface area contributed by atoms with Crippen LogP contribution in [0.5, 0.6) is 0 Å². The van der Waals surface area contributed by atoms with Crippen molar-refractivity contribution >= 4 is 17.5 Å². The molecule has 18 heavy (non-hydrogen) atoms. The maximum absolute atomic E-state index is 10.7. The molecule has 0 saturated heterocycles. The SMILES string of the molecule is CC(=O)CCCCCCCCCC(=O)C(=O)O.[H-].[Na+]. The summed E-state index contributed by atoms with van der Waals surface area (Å²) in [6.45, 7) is 1.61. The maximum atomic E-state index is 10.7. The first-order valence-corrected chi connectivity index (χ1v) is 6.29. The van der Waals surface area contributed by atoms with Crippen LogP contribution in [0.3, 0.4) is 0 Å². The third-order valence-electron chi connectivity index (χ3n) is 2.67. The number of Topliss-reactive ketones (excluding diaryl/α,β-unsaturated/α-hetero) is 2. The summed E-state index contributed by atoms with van der Waals surface area (Å²) < 4.78 is 0. The summed E-state index contributed by atoms with van der Waals surface area (Å²) in [6.07, 6.45) is 7.68. The molecule has 0 radical (unpaired) electrons. The van der Waals surface area contributed by atoms with Crippen molar-refractivity contribution in [2.24, 2.45) is 0 Å². The Labute approximate surface area is 132 Å². The number of aliphatic carboxylic acids is 1. The standard InChI is InChI=1S/C13H22O4.Na.H/c1-11(14)9-7-5-3-2-4-6-8-10-12(15)13(16)17;;/h2-10H2,1H3,(H,16,17);;/q;+1;-1. The number of rotatable bonds is 11. The van der Waals surface area contributed by atoms with E-state index in [-0.39, 0.29) is 43.2 Å². The molecular weight excluding hydrogens is 243 g/mol. The predicted molar refractivity (Wildman–Crippen MR) is 66.0 cm³/mol. The number of hydrogen-bond acceptors (Lipinski definition) is 3. The van der Waals surface area contributed by atoms with E-state index in [0.717, 1.165) is 38.5 Å². The molecule has 0 heterocycles. The fraction of sp³-hybridized carbons (Fsp3) is 0.769. The molecular formula is C13H23NaO4. The van der Waals surface area contributed by atoms with Gasteiger partial charge in [-0.1, -0.05) is 32.1 Å². The van der Waals surface area contributed by atoms with Gasteiger partial charge in [-0.15, -0.1) is 0 Å². The molecule has 0 aliphatic carbocycles. The van der Waals surface area contributed by atoms with Gasteiger partial charge in [0, 0.05) is 12.8 Å². The van der Waals surface area contributed by atoms with E-state index in [9.17, 15) is 14.4 Å². The minimum absolute atomic E-state index is 0. The Balaban J connectivity index is -0.00000128. The second-order valence-corrected chi connectivity index (χ2v) is 4.41. The Bertz CT molecular complexity index is 269. The number of hydrogen-bond donors (Lipinski definition) is 1. The molecule has 0 fully saturated rings. The Hall–Kier alpha value is -0.190. The molecule has 5 heteroatoms. The largest absolute Gasteiger partial charge is 1.00 e. The van der Waals surface area contributed by atoms with Crippen LogP contribution in [-0.4, -0.2) is 22.6 Å². The minimum atomic E-state index is -1.32. The summed E-state index contributed by atoms with van der Waals surface area (Å²) in [5, 5.41) is 8.35. The zero-order chi connectivity index (χ0) is 13.1. The van der Waals surface area contributed by atoms with E-state index in [0.29, 0.717) is 12.8 Å². The topological polar surface area (TPSA) is 71.4 Å². The number of carboxylic acid groups (broad SMARTS) is 1. The molecule has 4 nitrogen and oxygen atoms in total. The van der Waals surface area contributed by atoms with Crippen molar-refractivity contribution in [1.29, 1.82) is 0 Å². The van der Waals surface area contributed by atoms with E-state index in [4.69, 9.17) is 5.11 Å². The van der Waals surface area contributed by atoms with E-state index in [2.05, 4.69) is 0 Å². The van der Waals surface area contributed by atoms with Crippen LogP contribution in [0.1, 0.15) is 66.1 Å². The van der Waals surface area contributed by atoms with Gasteiger partial charge in [0.2, 0.25) is 5.78 Å². The van der Waals surface area contributed by atoms with Crippen LogP contribution in [0.4, 0.5) is 0 Å². The van der Waals surface area contributed by atoms with Crippen molar-refractivity contribution in [3.8, 4) is 0 Å². The van der Waals surface area contributed by atoms with Crippen LogP contribution in [-0.2, 0) is 14.4 Å². The van der Waals surface area contributed by atoms with Gasteiger partial charge in [0.25, 0.3) is 0 Å². The third kappa shape index (κ3) is 13.9. The summed E-state index contributed by atoms with van der Waals surface area (Å²) >= 11 is 0. The van der Waals surface area contributed by atoms with Crippen molar-refractivity contribution in [1.82, 2.24) is 0 Å². The number of ketones is 2. The van der Waals surface area contributed by atoms with Gasteiger partial charge in [-0.3, -0.25) is 4.79 Å². The zero-order valence-corrected chi connectivity index (χ0v) is 13.5. The smallest absolute Gasteiger partial charge is 1.00 e. The van der Waals surface area contributed by atoms with Gasteiger partial charge in [0.15, 0.2) is 0 Å². The fourth-order valence-electron chi connectivity index (χ4n) is 1.65. The fourth-order valence-corrected chi connectivity index (χ4v) is 1.65. The molecule has 0 aliphatic heterocycles. The normalized spacial score (nSPS) is 9.61. The molecule has 0 aromatic rings. The van der Waals surface area contributed by atoms with Crippen LogP contribution in [0.2, 0.25) is 0 Å². The number of unbranched alkanes of at least 4 members (excludes halogenated alkanes) is 6. The van der Waals surface area contributed by atoms with Crippen molar-refractivity contribution in [3.63, 3.8) is 0 Å². The molecule has 0 unspecified atom stereocenters. The summed E-state index contributed by atoms with van der Waals surface area (Å²) in [7, 11) is 0. The van der Waals surface area contributed by atoms with Crippen molar-refractivity contribution < 1.29 is 50.5 Å². The minimum Gasteiger partial charge on any atom is -1.00 e. The number of carboxylic acids is 1. The Kier molecular flexibility index (Phi) is 14.8. The zero-order valence-electron chi connectivity index (χ0n) is 12.5. The van der Waals surface area contributed by atoms with Crippen LogP contribution >= 0.6 is 0 Å². The van der Waals surface area contributed by atoms with E-state index in [1.807, 2.05) is 0 Å². The molecule has 0 rings (SSSR count). The van der Waals surface area contributed by atoms with Crippen molar-refractivity contribution in [2.45, 2.75) is 64.7 Å². The second-order valence-electron chi connectivity index (χ2n) is 4.41. The van der Waals surface area contributed by atoms with Gasteiger partial charge < -0.3 is 11.3 Å². The maximum Gasteiger partial charge on any atom is 1.00 e. The molecule has 0 aromatic carbocycles. The van der Waals surface area contributed by atoms with E-state index in [1.165, 1.54) is 0 Å². The predicted octanol–water partition coefficient (Wildman–Crippen LogP) is -0.143. The average Bonchev–Trinajstić information content (AvgIpc) is 2.25. The number of carbonyl (C=O) groups is 3. The van der Waals surface area contributed by atoms with Gasteiger partial charge in [0.1, 0.15) is 5.78 Å². The van der Waals surface area contributed by atoms with Crippen LogP contribution < -0.4 is 29.6 Å². The second kappa shape index (κ2) is 13.2. The van der Waals surface area contributed by atoms with E-state index < -0.39 is 11.8 Å². The van der Waals surface area contributed by atoms with Crippen LogP contribution in [0.25, 0.3) is 0 Å². The molecule has 0 aliphatic rings. The van der Waals surface area contributed by atoms with Crippen LogP contribution in [0.15, 0.2) is 0 Å². The van der Waals surface area contributed by atoms with Crippen molar-refractivity contribution in [2.75, 3.05) is 0 Å². The molecule has 0 amide bonds. The summed E-state index contributed by atoms with van der Waals surface area (Å²) in [6, 6.07) is 0. The van der Waals surface area contributed by atoms with Gasteiger partial charge in [0.05, 0.1) is 0 Å². The monoisotopic (exact) mass is 266 g/mol. The van der Waals surface area contributed by atoms with Crippen LogP contribution in [0, 0.1) is 0 Å². The summed E-state index contributed by atoms with van der Waals surface area (Å²) in [5.41, 5.74) is 0. The van der Waals surface area contributed by atoms with Gasteiger partial charge in [-0.05, 0) is 19.8 Å². The Morgan fingerprint density at radius 1 is 0.833 bits per heavy atom. The molecule has 0 spiro atoms. The Morgan fingerprint density at radius 3 is 1.61 bits per heavy atom. The Morgan fingerprint density at radius 2 is 1.22 bits per heavy atom. The molecule has 0 saturated carbocycles. The van der Waals surface area contributed by atoms with E-state index >= 15 is 0 Å². The van der Waals surface area contributed by atoms with Crippen molar-refractivity contribution in [3.05, 3.63) is 0 Å². The first-order chi connectivity index (χ1) is 8.04. The average molecular weight is 266 g/mol. The van der Waals surface area contributed by atoms with Gasteiger partial charge in [-0.25, -0.2) is 4.79 Å². The van der Waals surface area contributed by atoms with Gasteiger partial charge >= 0.3 is 35.5 Å². The molecule has 100 valence electrons. The molecule has 0 bridgehead atoms. The molecule has 0 aromatic heterocycles. The molecule has 0 atom stereocenters. The van der Waals surface area contributed by atoms with Gasteiger partial charge in [-0.2, -0.15) is 0 Å².